The average Bonchev–Trinajstić information content (AvgIpc) is 2.50. The van der Waals surface area contributed by atoms with E-state index >= 15 is 0 Å². The van der Waals surface area contributed by atoms with Gasteiger partial charge in [0.1, 0.15) is 0 Å². The lowest BCUT2D eigenvalue weighted by Crippen LogP contribution is -2.45. The molecule has 20 heavy (non-hydrogen) atoms. The monoisotopic (exact) mass is 328 g/mol. The normalized spacial score (nSPS) is 23.7. The first kappa shape index (κ1) is 17.3. The average molecular weight is 328 g/mol. The maximum absolute atomic E-state index is 12.1. The molecule has 1 aliphatic rings. The lowest BCUT2D eigenvalue weighted by atomic mass is 10.1. The Morgan fingerprint density at radius 3 is 1.95 bits per heavy atom. The van der Waals surface area contributed by atoms with Crippen LogP contribution in [0.1, 0.15) is 0 Å². The van der Waals surface area contributed by atoms with Gasteiger partial charge in [0, 0.05) is 40.3 Å². The second kappa shape index (κ2) is 5.93. The molecule has 9 nitrogen and oxygen atoms in total. The fourth-order valence-corrected chi connectivity index (χ4v) is 3.88. The van der Waals surface area contributed by atoms with Gasteiger partial charge < -0.3 is 5.73 Å². The Hall–Kier alpha value is -0.750. The zero-order chi connectivity index (χ0) is 15.7. The van der Waals surface area contributed by atoms with Gasteiger partial charge in [0.15, 0.2) is 0 Å². The zero-order valence-corrected chi connectivity index (χ0v) is 13.3. The second-order valence-corrected chi connectivity index (χ2v) is 8.99. The quantitative estimate of drug-likeness (QED) is 0.610. The van der Waals surface area contributed by atoms with Crippen molar-refractivity contribution in [3.63, 3.8) is 0 Å². The fraction of sp³-hybridized carbons (Fsp3) is 0.889. The molecule has 0 aromatic heterocycles. The molecule has 0 bridgehead atoms. The van der Waals surface area contributed by atoms with E-state index in [0.717, 1.165) is 19.2 Å². The molecule has 1 atom stereocenters. The maximum Gasteiger partial charge on any atom is 0.281 e. The first-order valence-electron chi connectivity index (χ1n) is 5.88. The van der Waals surface area contributed by atoms with Crippen molar-refractivity contribution in [1.82, 2.24) is 12.9 Å². The molecule has 0 saturated carbocycles. The van der Waals surface area contributed by atoms with Crippen LogP contribution in [0.2, 0.25) is 0 Å². The van der Waals surface area contributed by atoms with E-state index in [4.69, 9.17) is 5.73 Å². The van der Waals surface area contributed by atoms with E-state index < -0.39 is 32.1 Å². The highest BCUT2D eigenvalue weighted by Gasteiger charge is 2.35. The van der Waals surface area contributed by atoms with Gasteiger partial charge in [-0.1, -0.05) is 0 Å². The SMILES string of the molecule is CN(C)S(=O)(=O)N1CCN(S(C)(=O)=O)CC(C(N)=O)C1. The van der Waals surface area contributed by atoms with Crippen molar-refractivity contribution in [3.8, 4) is 0 Å². The Morgan fingerprint density at radius 1 is 1.10 bits per heavy atom. The number of nitrogens with two attached hydrogens (primary N) is 1. The number of sulfonamides is 1. The molecule has 0 aromatic rings. The molecule has 118 valence electrons. The van der Waals surface area contributed by atoms with Gasteiger partial charge >= 0.3 is 0 Å². The highest BCUT2D eigenvalue weighted by molar-refractivity contribution is 7.88. The summed E-state index contributed by atoms with van der Waals surface area (Å²) in [6.45, 7) is -0.247. The Bertz CT molecular complexity index is 571. The molecular formula is C9H20N4O5S2. The van der Waals surface area contributed by atoms with Gasteiger partial charge in [-0.25, -0.2) is 8.42 Å². The molecule has 1 heterocycles. The molecule has 1 saturated heterocycles. The predicted molar refractivity (Wildman–Crippen MR) is 73.3 cm³/mol. The van der Waals surface area contributed by atoms with Crippen LogP contribution in [-0.2, 0) is 25.0 Å². The van der Waals surface area contributed by atoms with Gasteiger partial charge in [0.2, 0.25) is 15.9 Å². The van der Waals surface area contributed by atoms with E-state index in [2.05, 4.69) is 0 Å². The molecule has 1 unspecified atom stereocenters. The van der Waals surface area contributed by atoms with Gasteiger partial charge in [-0.3, -0.25) is 4.79 Å². The second-order valence-electron chi connectivity index (χ2n) is 4.87. The van der Waals surface area contributed by atoms with Crippen molar-refractivity contribution in [3.05, 3.63) is 0 Å². The van der Waals surface area contributed by atoms with Gasteiger partial charge in [-0.05, 0) is 0 Å². The fourth-order valence-electron chi connectivity index (χ4n) is 1.88. The summed E-state index contributed by atoms with van der Waals surface area (Å²) in [5.74, 6) is -1.60. The minimum atomic E-state index is -3.72. The Balaban J connectivity index is 3.09. The summed E-state index contributed by atoms with van der Waals surface area (Å²) < 4.78 is 50.5. The number of nitrogens with zero attached hydrogens (tertiary/aromatic N) is 3. The number of primary amides is 1. The van der Waals surface area contributed by atoms with Crippen molar-refractivity contribution in [2.75, 3.05) is 46.5 Å². The summed E-state index contributed by atoms with van der Waals surface area (Å²) in [7, 11) is -4.50. The van der Waals surface area contributed by atoms with Crippen LogP contribution in [-0.4, -0.2) is 82.2 Å². The van der Waals surface area contributed by atoms with E-state index in [-0.39, 0.29) is 26.2 Å². The van der Waals surface area contributed by atoms with Crippen LogP contribution in [0, 0.1) is 5.92 Å². The minimum Gasteiger partial charge on any atom is -0.369 e. The topological polar surface area (TPSA) is 121 Å². The summed E-state index contributed by atoms with van der Waals surface area (Å²) in [6.07, 6.45) is 1.02. The van der Waals surface area contributed by atoms with Crippen LogP contribution < -0.4 is 5.73 Å². The minimum absolute atomic E-state index is 0.00428. The molecular weight excluding hydrogens is 308 g/mol. The molecule has 1 rings (SSSR count). The van der Waals surface area contributed by atoms with E-state index in [0.29, 0.717) is 0 Å². The molecule has 0 aliphatic carbocycles. The lowest BCUT2D eigenvalue weighted by molar-refractivity contribution is -0.122. The Morgan fingerprint density at radius 2 is 1.55 bits per heavy atom. The molecule has 1 fully saturated rings. The zero-order valence-electron chi connectivity index (χ0n) is 11.7. The molecule has 0 spiro atoms. The van der Waals surface area contributed by atoms with E-state index in [1.54, 1.807) is 0 Å². The Labute approximate surface area is 119 Å². The summed E-state index contributed by atoms with van der Waals surface area (Å²) in [5, 5.41) is 0. The Kier molecular flexibility index (Phi) is 5.13. The van der Waals surface area contributed by atoms with Crippen molar-refractivity contribution >= 4 is 26.1 Å². The van der Waals surface area contributed by atoms with Crippen molar-refractivity contribution in [2.24, 2.45) is 11.7 Å². The highest BCUT2D eigenvalue weighted by Crippen LogP contribution is 2.16. The third-order valence-corrected chi connectivity index (χ3v) is 6.28. The summed E-state index contributed by atoms with van der Waals surface area (Å²) in [5.41, 5.74) is 5.23. The van der Waals surface area contributed by atoms with Crippen LogP contribution in [0.4, 0.5) is 0 Å². The van der Waals surface area contributed by atoms with Crippen LogP contribution in [0.25, 0.3) is 0 Å². The number of carbonyl (C=O) groups is 1. The molecule has 2 N–H and O–H groups in total. The lowest BCUT2D eigenvalue weighted by Gasteiger charge is -2.25. The molecule has 1 aliphatic heterocycles. The van der Waals surface area contributed by atoms with Crippen LogP contribution in [0.3, 0.4) is 0 Å². The first-order chi connectivity index (χ1) is 8.96. The molecule has 0 radical (unpaired) electrons. The molecule has 11 heteroatoms. The number of carbonyl (C=O) groups excluding carboxylic acids is 1. The van der Waals surface area contributed by atoms with Crippen molar-refractivity contribution < 1.29 is 21.6 Å². The smallest absolute Gasteiger partial charge is 0.281 e. The maximum atomic E-state index is 12.1. The van der Waals surface area contributed by atoms with Gasteiger partial charge in [0.25, 0.3) is 10.2 Å². The van der Waals surface area contributed by atoms with E-state index in [1.165, 1.54) is 14.1 Å². The van der Waals surface area contributed by atoms with Crippen molar-refractivity contribution in [2.45, 2.75) is 0 Å². The third kappa shape index (κ3) is 3.88. The highest BCUT2D eigenvalue weighted by atomic mass is 32.2. The van der Waals surface area contributed by atoms with Crippen molar-refractivity contribution in [1.29, 1.82) is 0 Å². The van der Waals surface area contributed by atoms with E-state index in [9.17, 15) is 21.6 Å². The first-order valence-corrected chi connectivity index (χ1v) is 9.13. The number of hydrogen-bond acceptors (Lipinski definition) is 5. The standard InChI is InChI=1S/C9H20N4O5S2/c1-11(2)20(17,18)13-5-4-12(19(3,15)16)6-8(7-13)9(10)14/h8H,4-7H2,1-3H3,(H2,10,14). The summed E-state index contributed by atoms with van der Waals surface area (Å²) in [6, 6.07) is 0. The van der Waals surface area contributed by atoms with Gasteiger partial charge in [-0.15, -0.1) is 0 Å². The molecule has 0 aromatic carbocycles. The largest absolute Gasteiger partial charge is 0.369 e. The van der Waals surface area contributed by atoms with Crippen LogP contribution >= 0.6 is 0 Å². The van der Waals surface area contributed by atoms with Gasteiger partial charge in [0.05, 0.1) is 12.2 Å². The number of amides is 1. The van der Waals surface area contributed by atoms with Crippen LogP contribution in [0.15, 0.2) is 0 Å². The predicted octanol–water partition coefficient (Wildman–Crippen LogP) is -2.53. The number of rotatable bonds is 4. The third-order valence-electron chi connectivity index (χ3n) is 3.11. The summed E-state index contributed by atoms with van der Waals surface area (Å²) >= 11 is 0. The van der Waals surface area contributed by atoms with Gasteiger partial charge in [-0.2, -0.15) is 21.3 Å². The molecule has 1 amide bonds. The van der Waals surface area contributed by atoms with Crippen LogP contribution in [0.5, 0.6) is 0 Å². The summed E-state index contributed by atoms with van der Waals surface area (Å²) in [4.78, 5) is 11.4. The van der Waals surface area contributed by atoms with E-state index in [1.807, 2.05) is 0 Å². The number of hydrogen-bond donors (Lipinski definition) is 1.